The lowest BCUT2D eigenvalue weighted by Gasteiger charge is -2.14. The van der Waals surface area contributed by atoms with Crippen LogP contribution in [0.1, 0.15) is 35.7 Å². The van der Waals surface area contributed by atoms with E-state index in [1.807, 2.05) is 12.1 Å². The number of methoxy groups -OCH3 is 1. The van der Waals surface area contributed by atoms with Crippen LogP contribution in [-0.2, 0) is 0 Å². The molecule has 0 spiro atoms. The summed E-state index contributed by atoms with van der Waals surface area (Å²) < 4.78 is 5.20. The van der Waals surface area contributed by atoms with Crippen LogP contribution in [0, 0.1) is 0 Å². The van der Waals surface area contributed by atoms with Crippen molar-refractivity contribution in [1.82, 2.24) is 15.4 Å². The van der Waals surface area contributed by atoms with Gasteiger partial charge in [-0.2, -0.15) is 0 Å². The maximum Gasteiger partial charge on any atom is 0.273 e. The van der Waals surface area contributed by atoms with Crippen LogP contribution in [0.4, 0.5) is 23.0 Å². The molecule has 1 aromatic heterocycles. The number of carbonyl (C=O) groups excluding carboxylic acids is 1. The zero-order chi connectivity index (χ0) is 20.8. The third kappa shape index (κ3) is 4.73. The third-order valence-electron chi connectivity index (χ3n) is 4.37. The molecule has 0 radical (unpaired) electrons. The number of ether oxygens (including phenoxy) is 1. The number of anilines is 4. The highest BCUT2D eigenvalue weighted by molar-refractivity contribution is 5.97. The van der Waals surface area contributed by atoms with Crippen LogP contribution in [0.5, 0.6) is 5.75 Å². The summed E-state index contributed by atoms with van der Waals surface area (Å²) >= 11 is 0. The molecule has 2 aromatic carbocycles. The molecule has 8 heteroatoms. The first-order valence-electron chi connectivity index (χ1n) is 9.16. The molecular formula is C21H24N6O2. The van der Waals surface area contributed by atoms with Crippen LogP contribution in [0.15, 0.2) is 54.9 Å². The molecule has 0 saturated heterocycles. The molecular weight excluding hydrogens is 368 g/mol. The van der Waals surface area contributed by atoms with Crippen molar-refractivity contribution in [1.29, 1.82) is 0 Å². The van der Waals surface area contributed by atoms with Gasteiger partial charge in [-0.3, -0.25) is 15.6 Å². The molecule has 150 valence electrons. The normalized spacial score (nSPS) is 10.5. The van der Waals surface area contributed by atoms with E-state index in [1.54, 1.807) is 24.3 Å². The quantitative estimate of drug-likeness (QED) is 0.453. The Kier molecular flexibility index (Phi) is 6.13. The van der Waals surface area contributed by atoms with Crippen molar-refractivity contribution in [3.05, 3.63) is 66.0 Å². The minimum absolute atomic E-state index is 0.278. The van der Waals surface area contributed by atoms with E-state index in [4.69, 9.17) is 10.5 Å². The van der Waals surface area contributed by atoms with Gasteiger partial charge in [-0.05, 0) is 35.7 Å². The lowest BCUT2D eigenvalue weighted by molar-refractivity contribution is 0.0959. The van der Waals surface area contributed by atoms with E-state index in [0.29, 0.717) is 23.0 Å². The predicted molar refractivity (Wildman–Crippen MR) is 114 cm³/mol. The maximum atomic E-state index is 12.4. The molecule has 3 rings (SSSR count). The number of hydrazine groups is 1. The second-order valence-electron chi connectivity index (χ2n) is 6.67. The van der Waals surface area contributed by atoms with Crippen molar-refractivity contribution in [2.75, 3.05) is 23.6 Å². The molecule has 0 fully saturated rings. The minimum Gasteiger partial charge on any atom is -0.496 e. The number of nitrogens with zero attached hydrogens (tertiary/aromatic N) is 2. The SMILES string of the molecule is COc1ccccc1C(=O)NNc1ncnc(Nc2ccc(C(C)C)cc2)c1N. The fraction of sp³-hybridized carbons (Fsp3) is 0.190. The van der Waals surface area contributed by atoms with Crippen LogP contribution in [0.3, 0.4) is 0 Å². The van der Waals surface area contributed by atoms with E-state index in [1.165, 1.54) is 19.0 Å². The number of benzene rings is 2. The Morgan fingerprint density at radius 2 is 1.72 bits per heavy atom. The highest BCUT2D eigenvalue weighted by atomic mass is 16.5. The van der Waals surface area contributed by atoms with Crippen molar-refractivity contribution in [3.8, 4) is 5.75 Å². The molecule has 8 nitrogen and oxygen atoms in total. The highest BCUT2D eigenvalue weighted by Crippen LogP contribution is 2.26. The number of hydrogen-bond acceptors (Lipinski definition) is 7. The molecule has 1 heterocycles. The van der Waals surface area contributed by atoms with Gasteiger partial charge < -0.3 is 15.8 Å². The predicted octanol–water partition coefficient (Wildman–Crippen LogP) is 3.69. The second kappa shape index (κ2) is 8.92. The Morgan fingerprint density at radius 1 is 1.03 bits per heavy atom. The summed E-state index contributed by atoms with van der Waals surface area (Å²) in [6.45, 7) is 4.28. The Labute approximate surface area is 169 Å². The molecule has 29 heavy (non-hydrogen) atoms. The summed E-state index contributed by atoms with van der Waals surface area (Å²) in [4.78, 5) is 20.7. The van der Waals surface area contributed by atoms with E-state index in [2.05, 4.69) is 52.1 Å². The summed E-state index contributed by atoms with van der Waals surface area (Å²) in [5.41, 5.74) is 14.2. The number of nitrogens with two attached hydrogens (primary N) is 1. The van der Waals surface area contributed by atoms with Gasteiger partial charge in [0.1, 0.15) is 17.8 Å². The minimum atomic E-state index is -0.376. The number of amides is 1. The van der Waals surface area contributed by atoms with Gasteiger partial charge in [0, 0.05) is 5.69 Å². The smallest absolute Gasteiger partial charge is 0.273 e. The van der Waals surface area contributed by atoms with E-state index >= 15 is 0 Å². The van der Waals surface area contributed by atoms with Crippen LogP contribution in [0.25, 0.3) is 0 Å². The van der Waals surface area contributed by atoms with Gasteiger partial charge in [-0.1, -0.05) is 38.1 Å². The number of carbonyl (C=O) groups is 1. The van der Waals surface area contributed by atoms with Gasteiger partial charge in [0.05, 0.1) is 12.7 Å². The molecule has 0 bridgehead atoms. The first kappa shape index (κ1) is 19.9. The fourth-order valence-electron chi connectivity index (χ4n) is 2.70. The number of nitrogen functional groups attached to an aromatic ring is 1. The molecule has 0 aliphatic heterocycles. The molecule has 0 aliphatic carbocycles. The number of rotatable bonds is 7. The van der Waals surface area contributed by atoms with Crippen molar-refractivity contribution in [2.24, 2.45) is 0 Å². The number of hydrogen-bond donors (Lipinski definition) is 4. The average molecular weight is 392 g/mol. The topological polar surface area (TPSA) is 114 Å². The van der Waals surface area contributed by atoms with Crippen LogP contribution in [0.2, 0.25) is 0 Å². The summed E-state index contributed by atoms with van der Waals surface area (Å²) in [5.74, 6) is 1.26. The van der Waals surface area contributed by atoms with Gasteiger partial charge in [0.15, 0.2) is 11.6 Å². The molecule has 0 atom stereocenters. The molecule has 0 unspecified atom stereocenters. The van der Waals surface area contributed by atoms with Gasteiger partial charge in [0.2, 0.25) is 0 Å². The van der Waals surface area contributed by atoms with Crippen molar-refractivity contribution < 1.29 is 9.53 Å². The molecule has 0 aliphatic rings. The van der Waals surface area contributed by atoms with Crippen molar-refractivity contribution in [3.63, 3.8) is 0 Å². The first-order valence-corrected chi connectivity index (χ1v) is 9.16. The van der Waals surface area contributed by atoms with Crippen LogP contribution < -0.4 is 26.6 Å². The Balaban J connectivity index is 1.71. The third-order valence-corrected chi connectivity index (χ3v) is 4.37. The van der Waals surface area contributed by atoms with Gasteiger partial charge in [-0.25, -0.2) is 9.97 Å². The largest absolute Gasteiger partial charge is 0.496 e. The van der Waals surface area contributed by atoms with Crippen LogP contribution in [-0.4, -0.2) is 23.0 Å². The summed E-state index contributed by atoms with van der Waals surface area (Å²) in [6, 6.07) is 14.9. The second-order valence-corrected chi connectivity index (χ2v) is 6.67. The highest BCUT2D eigenvalue weighted by Gasteiger charge is 2.13. The zero-order valence-corrected chi connectivity index (χ0v) is 16.6. The Hall–Kier alpha value is -3.81. The first-order chi connectivity index (χ1) is 14.0. The van der Waals surface area contributed by atoms with Gasteiger partial charge in [0.25, 0.3) is 5.91 Å². The van der Waals surface area contributed by atoms with Crippen LogP contribution >= 0.6 is 0 Å². The van der Waals surface area contributed by atoms with Gasteiger partial charge in [-0.15, -0.1) is 0 Å². The number of nitrogens with one attached hydrogen (secondary N) is 3. The van der Waals surface area contributed by atoms with E-state index < -0.39 is 0 Å². The van der Waals surface area contributed by atoms with E-state index in [0.717, 1.165) is 5.69 Å². The lowest BCUT2D eigenvalue weighted by Crippen LogP contribution is -2.30. The van der Waals surface area contributed by atoms with E-state index in [9.17, 15) is 4.79 Å². The average Bonchev–Trinajstić information content (AvgIpc) is 2.74. The molecule has 0 saturated carbocycles. The zero-order valence-electron chi connectivity index (χ0n) is 16.6. The summed E-state index contributed by atoms with van der Waals surface area (Å²) in [5, 5.41) is 3.17. The van der Waals surface area contributed by atoms with Gasteiger partial charge >= 0.3 is 0 Å². The van der Waals surface area contributed by atoms with Crippen molar-refractivity contribution in [2.45, 2.75) is 19.8 Å². The summed E-state index contributed by atoms with van der Waals surface area (Å²) in [7, 11) is 1.51. The molecule has 5 N–H and O–H groups in total. The standard InChI is InChI=1S/C21H24N6O2/c1-13(2)14-8-10-15(11-9-14)25-19-18(22)20(24-12-23-19)26-27-21(28)16-6-4-5-7-17(16)29-3/h4-13H,22H2,1-3H3,(H,27,28)(H2,23,24,25,26). The number of para-hydroxylation sites is 1. The monoisotopic (exact) mass is 392 g/mol. The fourth-order valence-corrected chi connectivity index (χ4v) is 2.70. The summed E-state index contributed by atoms with van der Waals surface area (Å²) in [6.07, 6.45) is 1.36. The Morgan fingerprint density at radius 3 is 2.41 bits per heavy atom. The van der Waals surface area contributed by atoms with E-state index in [-0.39, 0.29) is 17.4 Å². The number of aromatic nitrogens is 2. The molecule has 3 aromatic rings. The molecule has 1 amide bonds. The van der Waals surface area contributed by atoms with Crippen molar-refractivity contribution >= 4 is 28.9 Å². The lowest BCUT2D eigenvalue weighted by atomic mass is 10.0. The Bertz CT molecular complexity index is 989. The maximum absolute atomic E-state index is 12.4.